The van der Waals surface area contributed by atoms with Gasteiger partial charge in [-0.2, -0.15) is 9.97 Å². The number of para-hydroxylation sites is 1. The average molecular weight is 422 g/mol. The Balaban J connectivity index is 1.59. The molecule has 0 unspecified atom stereocenters. The maximum atomic E-state index is 13.5. The highest BCUT2D eigenvalue weighted by Crippen LogP contribution is 2.42. The third-order valence-electron chi connectivity index (χ3n) is 5.73. The molecule has 0 saturated heterocycles. The number of aromatic nitrogens is 2. The molecule has 1 amide bonds. The number of halogens is 1. The largest absolute Gasteiger partial charge is 0.424 e. The van der Waals surface area contributed by atoms with E-state index in [1.807, 2.05) is 68.4 Å². The molecule has 1 aliphatic rings. The van der Waals surface area contributed by atoms with Crippen LogP contribution in [0.2, 0.25) is 5.02 Å². The van der Waals surface area contributed by atoms with Crippen LogP contribution in [0, 0.1) is 13.8 Å². The molecule has 1 heterocycles. The van der Waals surface area contributed by atoms with Gasteiger partial charge in [0.05, 0.1) is 22.5 Å². The highest BCUT2D eigenvalue weighted by molar-refractivity contribution is 6.30. The van der Waals surface area contributed by atoms with Crippen molar-refractivity contribution >= 4 is 23.2 Å². The normalized spacial score (nSPS) is 15.0. The van der Waals surface area contributed by atoms with Gasteiger partial charge in [0.2, 0.25) is 5.91 Å². The first-order chi connectivity index (χ1) is 14.5. The van der Waals surface area contributed by atoms with E-state index in [0.29, 0.717) is 27.8 Å². The number of carbonyl (C=O) groups is 1. The van der Waals surface area contributed by atoms with Crippen molar-refractivity contribution in [1.29, 1.82) is 0 Å². The summed E-state index contributed by atoms with van der Waals surface area (Å²) in [7, 11) is 0. The lowest BCUT2D eigenvalue weighted by Crippen LogP contribution is -2.38. The van der Waals surface area contributed by atoms with Crippen LogP contribution in [0.4, 0.5) is 5.69 Å². The zero-order valence-electron chi connectivity index (χ0n) is 17.1. The van der Waals surface area contributed by atoms with E-state index in [2.05, 4.69) is 15.3 Å². The second-order valence-electron chi connectivity index (χ2n) is 7.72. The maximum absolute atomic E-state index is 13.5. The Morgan fingerprint density at radius 1 is 0.967 bits per heavy atom. The molecule has 0 radical (unpaired) electrons. The topological polar surface area (TPSA) is 64.1 Å². The standard InChI is InChI=1S/C24H24ClN3O2/c1-16-21(17(2)27-23(26-16)30-20-8-4-3-5-9-20)28-22(29)24(14-6-7-15-24)18-10-12-19(25)13-11-18/h3-5,8-13H,6-7,14-15H2,1-2H3,(H,28,29). The molecule has 5 nitrogen and oxygen atoms in total. The number of benzene rings is 2. The minimum Gasteiger partial charge on any atom is -0.424 e. The van der Waals surface area contributed by atoms with Crippen molar-refractivity contribution in [2.75, 3.05) is 5.32 Å². The van der Waals surface area contributed by atoms with E-state index in [1.165, 1.54) is 0 Å². The summed E-state index contributed by atoms with van der Waals surface area (Å²) >= 11 is 6.06. The van der Waals surface area contributed by atoms with Crippen LogP contribution in [-0.4, -0.2) is 15.9 Å². The van der Waals surface area contributed by atoms with Gasteiger partial charge in [-0.15, -0.1) is 0 Å². The lowest BCUT2D eigenvalue weighted by Gasteiger charge is -2.29. The summed E-state index contributed by atoms with van der Waals surface area (Å²) in [6.45, 7) is 3.71. The number of nitrogens with zero attached hydrogens (tertiary/aromatic N) is 2. The van der Waals surface area contributed by atoms with Gasteiger partial charge in [0, 0.05) is 5.02 Å². The maximum Gasteiger partial charge on any atom is 0.322 e. The fraction of sp³-hybridized carbons (Fsp3) is 0.292. The minimum atomic E-state index is -0.553. The number of carbonyl (C=O) groups excluding carboxylic acids is 1. The summed E-state index contributed by atoms with van der Waals surface area (Å²) in [6, 6.07) is 17.3. The molecule has 1 aromatic heterocycles. The van der Waals surface area contributed by atoms with Crippen LogP contribution in [0.25, 0.3) is 0 Å². The average Bonchev–Trinajstić information content (AvgIpc) is 3.23. The number of rotatable bonds is 5. The number of anilines is 1. The van der Waals surface area contributed by atoms with Gasteiger partial charge in [-0.05, 0) is 56.5 Å². The van der Waals surface area contributed by atoms with E-state index >= 15 is 0 Å². The van der Waals surface area contributed by atoms with Crippen LogP contribution in [0.1, 0.15) is 42.6 Å². The SMILES string of the molecule is Cc1nc(Oc2ccccc2)nc(C)c1NC(=O)C1(c2ccc(Cl)cc2)CCCC1. The van der Waals surface area contributed by atoms with Gasteiger partial charge >= 0.3 is 6.01 Å². The summed E-state index contributed by atoms with van der Waals surface area (Å²) in [5.74, 6) is 0.648. The summed E-state index contributed by atoms with van der Waals surface area (Å²) in [5.41, 5.74) is 2.43. The molecule has 0 aliphatic heterocycles. The van der Waals surface area contributed by atoms with E-state index in [9.17, 15) is 4.79 Å². The fourth-order valence-corrected chi connectivity index (χ4v) is 4.26. The highest BCUT2D eigenvalue weighted by atomic mass is 35.5. The molecule has 2 aromatic carbocycles. The molecule has 30 heavy (non-hydrogen) atoms. The first-order valence-electron chi connectivity index (χ1n) is 10.1. The Morgan fingerprint density at radius 3 is 2.17 bits per heavy atom. The lowest BCUT2D eigenvalue weighted by molar-refractivity contribution is -0.121. The zero-order valence-corrected chi connectivity index (χ0v) is 17.9. The number of amides is 1. The van der Waals surface area contributed by atoms with E-state index < -0.39 is 5.41 Å². The molecule has 1 saturated carbocycles. The summed E-state index contributed by atoms with van der Waals surface area (Å²) in [5, 5.41) is 3.78. The summed E-state index contributed by atoms with van der Waals surface area (Å²) in [6.07, 6.45) is 3.67. The van der Waals surface area contributed by atoms with Gasteiger partial charge in [0.1, 0.15) is 5.75 Å². The van der Waals surface area contributed by atoms with Crippen LogP contribution in [0.3, 0.4) is 0 Å². The Hall–Kier alpha value is -2.92. The molecule has 1 fully saturated rings. The molecule has 0 spiro atoms. The molecule has 4 rings (SSSR count). The Kier molecular flexibility index (Phi) is 5.73. The monoisotopic (exact) mass is 421 g/mol. The number of ether oxygens (including phenoxy) is 1. The molecular weight excluding hydrogens is 398 g/mol. The second-order valence-corrected chi connectivity index (χ2v) is 8.15. The predicted molar refractivity (Wildman–Crippen MR) is 118 cm³/mol. The Morgan fingerprint density at radius 2 is 1.57 bits per heavy atom. The zero-order chi connectivity index (χ0) is 21.1. The fourth-order valence-electron chi connectivity index (χ4n) is 4.13. The summed E-state index contributed by atoms with van der Waals surface area (Å²) in [4.78, 5) is 22.4. The van der Waals surface area contributed by atoms with E-state index in [0.717, 1.165) is 31.2 Å². The molecule has 0 atom stereocenters. The van der Waals surface area contributed by atoms with Crippen molar-refractivity contribution in [3.8, 4) is 11.8 Å². The molecular formula is C24H24ClN3O2. The molecule has 1 N–H and O–H groups in total. The van der Waals surface area contributed by atoms with Crippen molar-refractivity contribution in [2.45, 2.75) is 44.9 Å². The number of nitrogens with one attached hydrogen (secondary N) is 1. The minimum absolute atomic E-state index is 0.0196. The highest BCUT2D eigenvalue weighted by Gasteiger charge is 2.43. The van der Waals surface area contributed by atoms with Crippen LogP contribution in [0.15, 0.2) is 54.6 Å². The predicted octanol–water partition coefficient (Wildman–Crippen LogP) is 5.99. The number of aryl methyl sites for hydroxylation is 2. The van der Waals surface area contributed by atoms with Gasteiger partial charge in [0.15, 0.2) is 0 Å². The van der Waals surface area contributed by atoms with Gasteiger partial charge < -0.3 is 10.1 Å². The van der Waals surface area contributed by atoms with Crippen molar-refractivity contribution in [3.05, 3.63) is 76.6 Å². The molecule has 3 aromatic rings. The second kappa shape index (κ2) is 8.44. The van der Waals surface area contributed by atoms with Crippen molar-refractivity contribution in [2.24, 2.45) is 0 Å². The van der Waals surface area contributed by atoms with Crippen molar-refractivity contribution in [1.82, 2.24) is 9.97 Å². The van der Waals surface area contributed by atoms with E-state index in [-0.39, 0.29) is 11.9 Å². The van der Waals surface area contributed by atoms with Gasteiger partial charge in [-0.3, -0.25) is 4.79 Å². The first-order valence-corrected chi connectivity index (χ1v) is 10.5. The van der Waals surface area contributed by atoms with Crippen molar-refractivity contribution < 1.29 is 9.53 Å². The molecule has 6 heteroatoms. The van der Waals surface area contributed by atoms with Crippen LogP contribution in [-0.2, 0) is 10.2 Å². The number of hydrogen-bond donors (Lipinski definition) is 1. The van der Waals surface area contributed by atoms with Gasteiger partial charge in [-0.25, -0.2) is 0 Å². The van der Waals surface area contributed by atoms with Crippen LogP contribution >= 0.6 is 11.6 Å². The van der Waals surface area contributed by atoms with E-state index in [4.69, 9.17) is 16.3 Å². The Bertz CT molecular complexity index is 1020. The van der Waals surface area contributed by atoms with Crippen molar-refractivity contribution in [3.63, 3.8) is 0 Å². The molecule has 154 valence electrons. The third-order valence-corrected chi connectivity index (χ3v) is 5.98. The van der Waals surface area contributed by atoms with Crippen LogP contribution < -0.4 is 10.1 Å². The molecule has 0 bridgehead atoms. The van der Waals surface area contributed by atoms with Crippen LogP contribution in [0.5, 0.6) is 11.8 Å². The Labute approximate surface area is 181 Å². The lowest BCUT2D eigenvalue weighted by atomic mass is 9.78. The number of hydrogen-bond acceptors (Lipinski definition) is 4. The van der Waals surface area contributed by atoms with Gasteiger partial charge in [-0.1, -0.05) is 54.8 Å². The third kappa shape index (κ3) is 4.03. The van der Waals surface area contributed by atoms with Gasteiger partial charge in [0.25, 0.3) is 0 Å². The molecule has 1 aliphatic carbocycles. The first kappa shape index (κ1) is 20.4. The summed E-state index contributed by atoms with van der Waals surface area (Å²) < 4.78 is 5.75. The smallest absolute Gasteiger partial charge is 0.322 e. The van der Waals surface area contributed by atoms with E-state index in [1.54, 1.807) is 0 Å². The quantitative estimate of drug-likeness (QED) is 0.549.